The minimum atomic E-state index is -0.954. The third-order valence-electron chi connectivity index (χ3n) is 1.81. The zero-order valence-corrected chi connectivity index (χ0v) is 7.78. The third-order valence-corrected chi connectivity index (χ3v) is 1.81. The summed E-state index contributed by atoms with van der Waals surface area (Å²) in [5.41, 5.74) is 3.86. The number of rotatable bonds is 3. The van der Waals surface area contributed by atoms with Gasteiger partial charge in [-0.25, -0.2) is 0 Å². The Morgan fingerprint density at radius 2 is 2.20 bits per heavy atom. The summed E-state index contributed by atoms with van der Waals surface area (Å²) in [4.78, 5) is 27.8. The number of pyridine rings is 1. The van der Waals surface area contributed by atoms with Crippen LogP contribution in [-0.4, -0.2) is 22.7 Å². The number of nitrogens with two attached hydrogens (primary N) is 1. The number of H-pyrrole nitrogens is 1. The molecule has 1 aromatic rings. The highest BCUT2D eigenvalue weighted by Crippen LogP contribution is 2.30. The molecule has 1 amide bonds. The largest absolute Gasteiger partial charge is 0.504 e. The fourth-order valence-corrected chi connectivity index (χ4v) is 1.12. The van der Waals surface area contributed by atoms with Crippen LogP contribution in [0.4, 0.5) is 5.69 Å². The van der Waals surface area contributed by atoms with Gasteiger partial charge in [0, 0.05) is 0 Å². The van der Waals surface area contributed by atoms with Gasteiger partial charge in [0.25, 0.3) is 11.5 Å². The number of amides is 1. The maximum absolute atomic E-state index is 11.4. The Morgan fingerprint density at radius 1 is 1.60 bits per heavy atom. The van der Waals surface area contributed by atoms with Gasteiger partial charge in [0.15, 0.2) is 11.4 Å². The van der Waals surface area contributed by atoms with Crippen LogP contribution in [0.2, 0.25) is 0 Å². The first-order valence-electron chi connectivity index (χ1n) is 3.91. The smallest absolute Gasteiger partial charge is 0.269 e. The number of nitrogens with one attached hydrogen (secondary N) is 1. The highest BCUT2D eigenvalue weighted by atomic mass is 16.3. The number of primary amides is 1. The van der Waals surface area contributed by atoms with Gasteiger partial charge in [0.05, 0.1) is 5.56 Å². The molecule has 0 aliphatic rings. The van der Waals surface area contributed by atoms with Crippen molar-refractivity contribution in [2.45, 2.75) is 0 Å². The molecular formula is C9H9N3O3. The van der Waals surface area contributed by atoms with Crippen LogP contribution in [0.1, 0.15) is 16.1 Å². The summed E-state index contributed by atoms with van der Waals surface area (Å²) in [5.74, 6) is -1.46. The van der Waals surface area contributed by atoms with Gasteiger partial charge >= 0.3 is 0 Å². The predicted molar refractivity (Wildman–Crippen MR) is 56.5 cm³/mol. The first-order chi connectivity index (χ1) is 7.02. The summed E-state index contributed by atoms with van der Waals surface area (Å²) in [6.45, 7) is 6.56. The van der Waals surface area contributed by atoms with E-state index >= 15 is 0 Å². The summed E-state index contributed by atoms with van der Waals surface area (Å²) in [5, 5.41) is 9.54. The molecule has 6 nitrogen and oxygen atoms in total. The van der Waals surface area contributed by atoms with Crippen molar-refractivity contribution in [3.05, 3.63) is 28.2 Å². The van der Waals surface area contributed by atoms with Crippen molar-refractivity contribution >= 4 is 24.4 Å². The van der Waals surface area contributed by atoms with E-state index in [1.165, 1.54) is 6.08 Å². The van der Waals surface area contributed by atoms with Gasteiger partial charge in [-0.1, -0.05) is 12.7 Å². The highest BCUT2D eigenvalue weighted by molar-refractivity contribution is 5.96. The van der Waals surface area contributed by atoms with Crippen molar-refractivity contribution in [1.29, 1.82) is 0 Å². The number of hydrogen-bond acceptors (Lipinski definition) is 4. The van der Waals surface area contributed by atoms with Crippen LogP contribution in [0.5, 0.6) is 5.75 Å². The lowest BCUT2D eigenvalue weighted by molar-refractivity contribution is 0.0992. The second kappa shape index (κ2) is 3.79. The van der Waals surface area contributed by atoms with E-state index in [0.29, 0.717) is 0 Å². The van der Waals surface area contributed by atoms with Crippen LogP contribution < -0.4 is 11.3 Å². The van der Waals surface area contributed by atoms with Crippen LogP contribution in [-0.2, 0) is 0 Å². The molecular weight excluding hydrogens is 198 g/mol. The van der Waals surface area contributed by atoms with E-state index in [0.717, 1.165) is 0 Å². The average Bonchev–Trinajstić information content (AvgIpc) is 2.19. The molecule has 78 valence electrons. The summed E-state index contributed by atoms with van der Waals surface area (Å²) >= 11 is 0. The molecule has 1 heterocycles. The number of aromatic hydroxyl groups is 1. The number of hydrogen-bond donors (Lipinski definition) is 3. The van der Waals surface area contributed by atoms with Gasteiger partial charge < -0.3 is 15.8 Å². The zero-order valence-electron chi connectivity index (χ0n) is 7.78. The molecule has 0 fully saturated rings. The minimum Gasteiger partial charge on any atom is -0.504 e. The van der Waals surface area contributed by atoms with Gasteiger partial charge in [0.1, 0.15) is 5.69 Å². The molecule has 0 spiro atoms. The van der Waals surface area contributed by atoms with E-state index in [1.54, 1.807) is 0 Å². The summed E-state index contributed by atoms with van der Waals surface area (Å²) in [6, 6.07) is 0. The molecule has 15 heavy (non-hydrogen) atoms. The van der Waals surface area contributed by atoms with Crippen LogP contribution in [0, 0.1) is 0 Å². The lowest BCUT2D eigenvalue weighted by Crippen LogP contribution is -2.20. The molecule has 0 radical (unpaired) electrons. The van der Waals surface area contributed by atoms with E-state index in [2.05, 4.69) is 23.3 Å². The molecule has 0 saturated heterocycles. The van der Waals surface area contributed by atoms with E-state index in [9.17, 15) is 14.7 Å². The first kappa shape index (κ1) is 10.7. The van der Waals surface area contributed by atoms with Crippen molar-refractivity contribution < 1.29 is 9.90 Å². The van der Waals surface area contributed by atoms with E-state index in [-0.39, 0.29) is 11.3 Å². The second-order valence-electron chi connectivity index (χ2n) is 2.67. The normalized spacial score (nSPS) is 9.60. The van der Waals surface area contributed by atoms with Crippen molar-refractivity contribution in [2.75, 3.05) is 0 Å². The number of aromatic amines is 1. The van der Waals surface area contributed by atoms with Crippen molar-refractivity contribution in [3.63, 3.8) is 0 Å². The maximum Gasteiger partial charge on any atom is 0.269 e. The van der Waals surface area contributed by atoms with Crippen molar-refractivity contribution in [3.8, 4) is 5.75 Å². The topological polar surface area (TPSA) is 109 Å². The number of aliphatic imine (C=N–C) groups is 1. The number of aromatic nitrogens is 1. The lowest BCUT2D eigenvalue weighted by atomic mass is 10.1. The summed E-state index contributed by atoms with van der Waals surface area (Å²) < 4.78 is 0. The Bertz CT molecular complexity index is 502. The molecule has 4 N–H and O–H groups in total. The second-order valence-corrected chi connectivity index (χ2v) is 2.67. The molecule has 0 aliphatic carbocycles. The quantitative estimate of drug-likeness (QED) is 0.614. The molecule has 0 aliphatic heterocycles. The monoisotopic (exact) mass is 207 g/mol. The Kier molecular flexibility index (Phi) is 2.70. The van der Waals surface area contributed by atoms with Crippen molar-refractivity contribution in [2.24, 2.45) is 10.7 Å². The molecule has 1 rings (SSSR count). The summed E-state index contributed by atoms with van der Waals surface area (Å²) in [7, 11) is 0. The molecule has 0 atom stereocenters. The van der Waals surface area contributed by atoms with Crippen LogP contribution in [0.3, 0.4) is 0 Å². The number of carbonyl (C=O) groups is 1. The zero-order chi connectivity index (χ0) is 11.6. The SMILES string of the molecule is C=Cc1c(N=C)c(O)c(C(N)=O)[nH]c1=O. The maximum atomic E-state index is 11.4. The van der Waals surface area contributed by atoms with Gasteiger partial charge in [-0.3, -0.25) is 14.6 Å². The Morgan fingerprint density at radius 3 is 2.60 bits per heavy atom. The molecule has 1 aromatic heterocycles. The fraction of sp³-hybridized carbons (Fsp3) is 0. The Hall–Kier alpha value is -2.37. The third kappa shape index (κ3) is 1.64. The minimum absolute atomic E-state index is 0.0347. The first-order valence-corrected chi connectivity index (χ1v) is 3.91. The van der Waals surface area contributed by atoms with Gasteiger partial charge in [-0.2, -0.15) is 0 Å². The summed E-state index contributed by atoms with van der Waals surface area (Å²) in [6.07, 6.45) is 1.20. The Labute approximate surface area is 84.8 Å². The van der Waals surface area contributed by atoms with Crippen LogP contribution in [0.15, 0.2) is 16.4 Å². The van der Waals surface area contributed by atoms with E-state index in [1.807, 2.05) is 0 Å². The number of carbonyl (C=O) groups excluding carboxylic acids is 1. The standard InChI is InChI=1S/C9H9N3O3/c1-3-4-5(11-2)7(13)6(8(10)14)12-9(4)15/h3,13H,1-2H2,(H2,10,14)(H,12,15). The molecule has 6 heteroatoms. The molecule has 0 saturated carbocycles. The van der Waals surface area contributed by atoms with E-state index < -0.39 is 22.9 Å². The van der Waals surface area contributed by atoms with Gasteiger partial charge in [0.2, 0.25) is 0 Å². The molecule has 0 aromatic carbocycles. The average molecular weight is 207 g/mol. The number of nitrogens with zero attached hydrogens (tertiary/aromatic N) is 1. The predicted octanol–water partition coefficient (Wildman–Crippen LogP) is 0.154. The molecule has 0 bridgehead atoms. The lowest BCUT2D eigenvalue weighted by Gasteiger charge is -2.05. The highest BCUT2D eigenvalue weighted by Gasteiger charge is 2.17. The van der Waals surface area contributed by atoms with Crippen LogP contribution >= 0.6 is 0 Å². The Balaban J connectivity index is 3.74. The van der Waals surface area contributed by atoms with E-state index in [4.69, 9.17) is 5.73 Å². The molecule has 0 unspecified atom stereocenters. The van der Waals surface area contributed by atoms with Gasteiger partial charge in [-0.05, 0) is 6.72 Å². The van der Waals surface area contributed by atoms with Crippen LogP contribution in [0.25, 0.3) is 6.08 Å². The van der Waals surface area contributed by atoms with Crippen molar-refractivity contribution in [1.82, 2.24) is 4.98 Å². The van der Waals surface area contributed by atoms with Gasteiger partial charge in [-0.15, -0.1) is 0 Å². The fourth-order valence-electron chi connectivity index (χ4n) is 1.12.